The van der Waals surface area contributed by atoms with E-state index in [1.54, 1.807) is 13.2 Å². The van der Waals surface area contributed by atoms with Gasteiger partial charge in [-0.1, -0.05) is 0 Å². The predicted octanol–water partition coefficient (Wildman–Crippen LogP) is 0.208. The minimum absolute atomic E-state index is 0.00345. The molecule has 1 saturated heterocycles. The summed E-state index contributed by atoms with van der Waals surface area (Å²) < 4.78 is 11.5. The maximum absolute atomic E-state index is 12.0. The molecule has 3 atom stereocenters. The van der Waals surface area contributed by atoms with Crippen LogP contribution in [0.3, 0.4) is 0 Å². The smallest absolute Gasteiger partial charge is 0.217 e. The number of fused-ring (bicyclic) bond motifs is 3. The third kappa shape index (κ3) is 1.31. The maximum atomic E-state index is 12.0. The molecule has 0 spiro atoms. The van der Waals surface area contributed by atoms with E-state index in [4.69, 9.17) is 9.47 Å². The summed E-state index contributed by atoms with van der Waals surface area (Å²) in [7, 11) is 3.55. The fraction of sp³-hybridized carbons (Fsp3) is 0.727. The number of hydrogen-bond acceptors (Lipinski definition) is 6. The Balaban J connectivity index is 2.10. The SMILES string of the molecule is CO[C@@]12OCCN(C)C1=CC(=O)[C@@H]1N=NC[C@@H]12. The standard InChI is InChI=1S/C11H15N3O3/c1-14-3-4-17-11(16-2)7-6-12-13-10(7)8(15)5-9(11)14/h5,7,10H,3-4,6H2,1-2H3/t7-,10+,11-/m0/s1. The van der Waals surface area contributed by atoms with Crippen molar-refractivity contribution < 1.29 is 14.3 Å². The molecule has 0 unspecified atom stereocenters. The Hall–Kier alpha value is -1.27. The third-order valence-corrected chi connectivity index (χ3v) is 3.74. The number of hydrogen-bond donors (Lipinski definition) is 0. The summed E-state index contributed by atoms with van der Waals surface area (Å²) in [6, 6.07) is -0.440. The van der Waals surface area contributed by atoms with Gasteiger partial charge in [-0.3, -0.25) is 4.79 Å². The van der Waals surface area contributed by atoms with Crippen LogP contribution in [0, 0.1) is 5.92 Å². The number of carbonyl (C=O) groups excluding carboxylic acids is 1. The highest BCUT2D eigenvalue weighted by atomic mass is 16.7. The Morgan fingerprint density at radius 2 is 2.47 bits per heavy atom. The first-order chi connectivity index (χ1) is 8.19. The predicted molar refractivity (Wildman–Crippen MR) is 58.4 cm³/mol. The fourth-order valence-corrected chi connectivity index (χ4v) is 2.82. The second-order valence-electron chi connectivity index (χ2n) is 4.56. The Morgan fingerprint density at radius 3 is 3.24 bits per heavy atom. The molecular formula is C11H15N3O3. The van der Waals surface area contributed by atoms with E-state index in [-0.39, 0.29) is 11.7 Å². The highest BCUT2D eigenvalue weighted by Gasteiger charge is 2.57. The molecule has 0 radical (unpaired) electrons. The van der Waals surface area contributed by atoms with Crippen LogP contribution in [0.25, 0.3) is 0 Å². The van der Waals surface area contributed by atoms with Gasteiger partial charge < -0.3 is 14.4 Å². The van der Waals surface area contributed by atoms with Crippen molar-refractivity contribution in [1.29, 1.82) is 0 Å². The number of rotatable bonds is 1. The summed E-state index contributed by atoms with van der Waals surface area (Å²) in [6.07, 6.45) is 1.59. The van der Waals surface area contributed by atoms with E-state index in [0.717, 1.165) is 12.2 Å². The van der Waals surface area contributed by atoms with Crippen LogP contribution >= 0.6 is 0 Å². The maximum Gasteiger partial charge on any atom is 0.217 e. The average molecular weight is 237 g/mol. The van der Waals surface area contributed by atoms with Crippen LogP contribution in [-0.2, 0) is 14.3 Å². The Morgan fingerprint density at radius 1 is 1.65 bits per heavy atom. The molecule has 1 aliphatic carbocycles. The van der Waals surface area contributed by atoms with Gasteiger partial charge in [0.05, 0.1) is 24.8 Å². The van der Waals surface area contributed by atoms with Gasteiger partial charge in [0.15, 0.2) is 5.78 Å². The van der Waals surface area contributed by atoms with Crippen molar-refractivity contribution in [3.63, 3.8) is 0 Å². The lowest BCUT2D eigenvalue weighted by molar-refractivity contribution is -0.255. The van der Waals surface area contributed by atoms with Gasteiger partial charge in [0, 0.05) is 26.8 Å². The fourth-order valence-electron chi connectivity index (χ4n) is 2.82. The Labute approximate surface area is 99.3 Å². The lowest BCUT2D eigenvalue weighted by Gasteiger charge is -2.48. The summed E-state index contributed by atoms with van der Waals surface area (Å²) >= 11 is 0. The van der Waals surface area contributed by atoms with Crippen LogP contribution in [0.5, 0.6) is 0 Å². The molecule has 0 saturated carbocycles. The molecular weight excluding hydrogens is 222 g/mol. The van der Waals surface area contributed by atoms with Crippen molar-refractivity contribution in [2.75, 3.05) is 33.9 Å². The molecule has 17 heavy (non-hydrogen) atoms. The zero-order valence-electron chi connectivity index (χ0n) is 9.92. The van der Waals surface area contributed by atoms with Gasteiger partial charge in [-0.05, 0) is 0 Å². The van der Waals surface area contributed by atoms with Crippen LogP contribution in [0.4, 0.5) is 0 Å². The van der Waals surface area contributed by atoms with Gasteiger partial charge in [0.2, 0.25) is 5.79 Å². The quantitative estimate of drug-likeness (QED) is 0.654. The Kier molecular flexibility index (Phi) is 2.31. The van der Waals surface area contributed by atoms with Gasteiger partial charge in [-0.15, -0.1) is 0 Å². The summed E-state index contributed by atoms with van der Waals surface area (Å²) in [5.74, 6) is -0.992. The first-order valence-corrected chi connectivity index (χ1v) is 5.72. The molecule has 3 aliphatic rings. The van der Waals surface area contributed by atoms with Crippen LogP contribution in [0.15, 0.2) is 22.0 Å². The molecule has 0 aromatic heterocycles. The van der Waals surface area contributed by atoms with Crippen LogP contribution in [0.2, 0.25) is 0 Å². The number of likely N-dealkylation sites (N-methyl/N-ethyl adjacent to an activating group) is 1. The first kappa shape index (κ1) is 10.9. The lowest BCUT2D eigenvalue weighted by atomic mass is 9.80. The summed E-state index contributed by atoms with van der Waals surface area (Å²) in [6.45, 7) is 1.82. The minimum atomic E-state index is -0.852. The van der Waals surface area contributed by atoms with Crippen molar-refractivity contribution in [3.05, 3.63) is 11.8 Å². The molecule has 0 amide bonds. The molecule has 6 nitrogen and oxygen atoms in total. The van der Waals surface area contributed by atoms with E-state index >= 15 is 0 Å². The largest absolute Gasteiger partial charge is 0.371 e. The van der Waals surface area contributed by atoms with Gasteiger partial charge >= 0.3 is 0 Å². The van der Waals surface area contributed by atoms with Crippen molar-refractivity contribution in [2.45, 2.75) is 11.8 Å². The Bertz CT molecular complexity index is 420. The second-order valence-corrected chi connectivity index (χ2v) is 4.56. The number of ketones is 1. The van der Waals surface area contributed by atoms with Crippen molar-refractivity contribution >= 4 is 5.78 Å². The molecule has 0 bridgehead atoms. The molecule has 0 aromatic rings. The number of morpholine rings is 1. The van der Waals surface area contributed by atoms with Gasteiger partial charge in [-0.25, -0.2) is 0 Å². The van der Waals surface area contributed by atoms with Gasteiger partial charge in [-0.2, -0.15) is 10.2 Å². The van der Waals surface area contributed by atoms with Crippen LogP contribution < -0.4 is 0 Å². The highest BCUT2D eigenvalue weighted by molar-refractivity contribution is 5.97. The first-order valence-electron chi connectivity index (χ1n) is 5.72. The molecule has 0 N–H and O–H groups in total. The van der Waals surface area contributed by atoms with E-state index in [1.807, 2.05) is 11.9 Å². The average Bonchev–Trinajstić information content (AvgIpc) is 2.81. The number of nitrogens with zero attached hydrogens (tertiary/aromatic N) is 3. The number of methoxy groups -OCH3 is 1. The van der Waals surface area contributed by atoms with E-state index in [9.17, 15) is 4.79 Å². The molecule has 0 aromatic carbocycles. The van der Waals surface area contributed by atoms with Crippen molar-refractivity contribution in [3.8, 4) is 0 Å². The van der Waals surface area contributed by atoms with E-state index in [1.165, 1.54) is 0 Å². The highest BCUT2D eigenvalue weighted by Crippen LogP contribution is 2.43. The van der Waals surface area contributed by atoms with E-state index in [2.05, 4.69) is 10.2 Å². The zero-order chi connectivity index (χ0) is 12.0. The van der Waals surface area contributed by atoms with Crippen molar-refractivity contribution in [2.24, 2.45) is 16.1 Å². The van der Waals surface area contributed by atoms with Crippen LogP contribution in [0.1, 0.15) is 0 Å². The second kappa shape index (κ2) is 3.61. The minimum Gasteiger partial charge on any atom is -0.371 e. The number of azo groups is 1. The molecule has 3 rings (SSSR count). The van der Waals surface area contributed by atoms with Crippen molar-refractivity contribution in [1.82, 2.24) is 4.90 Å². The monoisotopic (exact) mass is 237 g/mol. The number of ether oxygens (including phenoxy) is 2. The molecule has 6 heteroatoms. The molecule has 1 fully saturated rings. The third-order valence-electron chi connectivity index (χ3n) is 3.74. The normalized spacial score (nSPS) is 40.0. The lowest BCUT2D eigenvalue weighted by Crippen LogP contribution is -2.60. The summed E-state index contributed by atoms with van der Waals surface area (Å²) in [5, 5.41) is 7.98. The summed E-state index contributed by atoms with van der Waals surface area (Å²) in [5.41, 5.74) is 0.796. The van der Waals surface area contributed by atoms with E-state index in [0.29, 0.717) is 13.2 Å². The van der Waals surface area contributed by atoms with E-state index < -0.39 is 11.8 Å². The molecule has 2 heterocycles. The molecule has 2 aliphatic heterocycles. The number of carbonyl (C=O) groups is 1. The zero-order valence-corrected chi connectivity index (χ0v) is 9.92. The van der Waals surface area contributed by atoms with Gasteiger partial charge in [0.1, 0.15) is 6.04 Å². The van der Waals surface area contributed by atoms with Crippen LogP contribution in [-0.4, -0.2) is 56.4 Å². The van der Waals surface area contributed by atoms with Gasteiger partial charge in [0.25, 0.3) is 0 Å². The topological polar surface area (TPSA) is 63.5 Å². The molecule has 92 valence electrons. The summed E-state index contributed by atoms with van der Waals surface area (Å²) in [4.78, 5) is 14.0.